The number of nitrogens with zero attached hydrogens (tertiary/aromatic N) is 1. The number of nitrogens with one attached hydrogen (secondary N) is 1. The van der Waals surface area contributed by atoms with Gasteiger partial charge in [0.05, 0.1) is 16.2 Å². The standard InChI is InChI=1S/C16H18F2N2O3S/c1-3-12-15(22)20(16(23)13(4-2)24-12)8-14(21)19-11-6-5-9(17)7-10(11)18/h5-7,12-13H,3-4,8H2,1-2H3,(H,19,21)/t12-,13+. The van der Waals surface area contributed by atoms with Crippen LogP contribution in [0.1, 0.15) is 26.7 Å². The Labute approximate surface area is 142 Å². The van der Waals surface area contributed by atoms with Crippen molar-refractivity contribution in [3.63, 3.8) is 0 Å². The van der Waals surface area contributed by atoms with Crippen molar-refractivity contribution in [3.8, 4) is 0 Å². The Morgan fingerprint density at radius 2 is 1.75 bits per heavy atom. The van der Waals surface area contributed by atoms with Gasteiger partial charge in [0.2, 0.25) is 17.7 Å². The van der Waals surface area contributed by atoms with Crippen LogP contribution in [0.3, 0.4) is 0 Å². The highest BCUT2D eigenvalue weighted by molar-refractivity contribution is 8.02. The summed E-state index contributed by atoms with van der Waals surface area (Å²) >= 11 is 1.31. The minimum atomic E-state index is -0.923. The van der Waals surface area contributed by atoms with E-state index in [1.165, 1.54) is 11.8 Å². The molecule has 5 nitrogen and oxygen atoms in total. The molecule has 2 rings (SSSR count). The molecule has 1 aromatic carbocycles. The van der Waals surface area contributed by atoms with Crippen LogP contribution in [0.2, 0.25) is 0 Å². The Balaban J connectivity index is 2.10. The highest BCUT2D eigenvalue weighted by Gasteiger charge is 2.40. The minimum absolute atomic E-state index is 0.202. The number of hydrogen-bond acceptors (Lipinski definition) is 4. The molecule has 24 heavy (non-hydrogen) atoms. The first kappa shape index (κ1) is 18.4. The number of carbonyl (C=O) groups excluding carboxylic acids is 3. The van der Waals surface area contributed by atoms with Gasteiger partial charge in [-0.1, -0.05) is 13.8 Å². The molecule has 0 saturated carbocycles. The molecule has 0 aromatic heterocycles. The van der Waals surface area contributed by atoms with Gasteiger partial charge in [0.15, 0.2) is 0 Å². The fraction of sp³-hybridized carbons (Fsp3) is 0.438. The molecule has 3 amide bonds. The first-order chi connectivity index (χ1) is 11.4. The Morgan fingerprint density at radius 1 is 1.17 bits per heavy atom. The maximum Gasteiger partial charge on any atom is 0.244 e. The van der Waals surface area contributed by atoms with E-state index >= 15 is 0 Å². The van der Waals surface area contributed by atoms with Crippen LogP contribution < -0.4 is 5.32 Å². The molecular formula is C16H18F2N2O3S. The average molecular weight is 356 g/mol. The van der Waals surface area contributed by atoms with Gasteiger partial charge < -0.3 is 5.32 Å². The molecule has 0 aliphatic carbocycles. The van der Waals surface area contributed by atoms with Crippen LogP contribution in [0.15, 0.2) is 18.2 Å². The fourth-order valence-corrected chi connectivity index (χ4v) is 3.66. The van der Waals surface area contributed by atoms with Gasteiger partial charge in [0.1, 0.15) is 18.2 Å². The summed E-state index contributed by atoms with van der Waals surface area (Å²) in [7, 11) is 0. The first-order valence-corrected chi connectivity index (χ1v) is 8.57. The van der Waals surface area contributed by atoms with Crippen LogP contribution in [0.5, 0.6) is 0 Å². The summed E-state index contributed by atoms with van der Waals surface area (Å²) in [4.78, 5) is 37.6. The Kier molecular flexibility index (Phi) is 5.93. The molecule has 1 heterocycles. The van der Waals surface area contributed by atoms with Crippen LogP contribution >= 0.6 is 11.8 Å². The van der Waals surface area contributed by atoms with Crippen LogP contribution in [0.25, 0.3) is 0 Å². The molecular weight excluding hydrogens is 338 g/mol. The predicted octanol–water partition coefficient (Wildman–Crippen LogP) is 2.56. The van der Waals surface area contributed by atoms with E-state index in [-0.39, 0.29) is 16.2 Å². The van der Waals surface area contributed by atoms with E-state index in [2.05, 4.69) is 5.32 Å². The van der Waals surface area contributed by atoms with Crippen LogP contribution in [0.4, 0.5) is 14.5 Å². The van der Waals surface area contributed by atoms with E-state index in [1.807, 2.05) is 13.8 Å². The highest BCUT2D eigenvalue weighted by Crippen LogP contribution is 2.31. The molecule has 1 aliphatic rings. The quantitative estimate of drug-likeness (QED) is 0.824. The lowest BCUT2D eigenvalue weighted by atomic mass is 10.2. The van der Waals surface area contributed by atoms with Crippen molar-refractivity contribution in [2.45, 2.75) is 37.2 Å². The summed E-state index contributed by atoms with van der Waals surface area (Å²) in [6.07, 6.45) is 1.11. The monoisotopic (exact) mass is 356 g/mol. The first-order valence-electron chi connectivity index (χ1n) is 7.62. The molecule has 2 atom stereocenters. The molecule has 1 aromatic rings. The number of imide groups is 1. The van der Waals surface area contributed by atoms with Crippen molar-refractivity contribution in [1.29, 1.82) is 0 Å². The zero-order chi connectivity index (χ0) is 17.9. The average Bonchev–Trinajstić information content (AvgIpc) is 2.54. The third kappa shape index (κ3) is 3.92. The van der Waals surface area contributed by atoms with Crippen LogP contribution in [-0.4, -0.2) is 39.7 Å². The number of carbonyl (C=O) groups is 3. The molecule has 1 aliphatic heterocycles. The Morgan fingerprint density at radius 3 is 2.25 bits per heavy atom. The summed E-state index contributed by atoms with van der Waals surface area (Å²) in [5.41, 5.74) is -0.202. The topological polar surface area (TPSA) is 66.5 Å². The molecule has 1 fully saturated rings. The zero-order valence-corrected chi connectivity index (χ0v) is 14.2. The minimum Gasteiger partial charge on any atom is -0.322 e. The SMILES string of the molecule is CC[C@@H]1S[C@H](CC)C(=O)N(CC(=O)Nc2ccc(F)cc2F)C1=O. The number of rotatable bonds is 5. The number of hydrogen-bond donors (Lipinski definition) is 1. The van der Waals surface area contributed by atoms with E-state index in [9.17, 15) is 23.2 Å². The second-order valence-electron chi connectivity index (χ2n) is 5.36. The molecule has 0 spiro atoms. The van der Waals surface area contributed by atoms with Crippen molar-refractivity contribution < 1.29 is 23.2 Å². The second-order valence-corrected chi connectivity index (χ2v) is 6.78. The maximum atomic E-state index is 13.6. The zero-order valence-electron chi connectivity index (χ0n) is 13.3. The van der Waals surface area contributed by atoms with Gasteiger partial charge >= 0.3 is 0 Å². The van der Waals surface area contributed by atoms with Crippen molar-refractivity contribution in [1.82, 2.24) is 4.90 Å². The van der Waals surface area contributed by atoms with E-state index < -0.39 is 35.9 Å². The Hall–Kier alpha value is -1.96. The van der Waals surface area contributed by atoms with Gasteiger partial charge in [-0.25, -0.2) is 8.78 Å². The molecule has 0 bridgehead atoms. The van der Waals surface area contributed by atoms with Crippen molar-refractivity contribution in [3.05, 3.63) is 29.8 Å². The van der Waals surface area contributed by atoms with Gasteiger partial charge in [-0.05, 0) is 25.0 Å². The van der Waals surface area contributed by atoms with Crippen molar-refractivity contribution in [2.24, 2.45) is 0 Å². The third-order valence-corrected chi connectivity index (χ3v) is 5.39. The maximum absolute atomic E-state index is 13.6. The Bertz CT molecular complexity index is 647. The smallest absolute Gasteiger partial charge is 0.244 e. The van der Waals surface area contributed by atoms with E-state index in [4.69, 9.17) is 0 Å². The molecule has 1 N–H and O–H groups in total. The summed E-state index contributed by atoms with van der Waals surface area (Å²) in [5, 5.41) is 1.51. The van der Waals surface area contributed by atoms with Gasteiger partial charge in [0.25, 0.3) is 0 Å². The lowest BCUT2D eigenvalue weighted by molar-refractivity contribution is -0.147. The summed E-state index contributed by atoms with van der Waals surface area (Å²) in [6.45, 7) is 3.19. The normalized spacial score (nSPS) is 21.1. The van der Waals surface area contributed by atoms with E-state index in [0.717, 1.165) is 17.0 Å². The van der Waals surface area contributed by atoms with Gasteiger partial charge in [-0.2, -0.15) is 0 Å². The summed E-state index contributed by atoms with van der Waals surface area (Å²) in [5.74, 6) is -3.22. The molecule has 1 saturated heterocycles. The second kappa shape index (κ2) is 7.74. The number of amides is 3. The lowest BCUT2D eigenvalue weighted by Crippen LogP contribution is -2.53. The van der Waals surface area contributed by atoms with Gasteiger partial charge in [0, 0.05) is 6.07 Å². The number of anilines is 1. The number of thioether (sulfide) groups is 1. The third-order valence-electron chi connectivity index (χ3n) is 3.66. The van der Waals surface area contributed by atoms with E-state index in [1.54, 1.807) is 0 Å². The number of benzene rings is 1. The summed E-state index contributed by atoms with van der Waals surface area (Å²) in [6, 6.07) is 2.73. The van der Waals surface area contributed by atoms with Crippen molar-refractivity contribution in [2.75, 3.05) is 11.9 Å². The van der Waals surface area contributed by atoms with Crippen LogP contribution in [0, 0.1) is 11.6 Å². The van der Waals surface area contributed by atoms with Crippen LogP contribution in [-0.2, 0) is 14.4 Å². The van der Waals surface area contributed by atoms with Gasteiger partial charge in [-0.3, -0.25) is 19.3 Å². The summed E-state index contributed by atoms with van der Waals surface area (Å²) < 4.78 is 26.4. The highest BCUT2D eigenvalue weighted by atomic mass is 32.2. The lowest BCUT2D eigenvalue weighted by Gasteiger charge is -2.34. The molecule has 0 radical (unpaired) electrons. The largest absolute Gasteiger partial charge is 0.322 e. The molecule has 8 heteroatoms. The van der Waals surface area contributed by atoms with Gasteiger partial charge in [-0.15, -0.1) is 11.8 Å². The number of halogens is 2. The van der Waals surface area contributed by atoms with E-state index in [0.29, 0.717) is 18.9 Å². The fourth-order valence-electron chi connectivity index (χ4n) is 2.39. The molecule has 0 unspecified atom stereocenters. The van der Waals surface area contributed by atoms with Crippen molar-refractivity contribution >= 4 is 35.2 Å². The molecule has 130 valence electrons. The predicted molar refractivity (Wildman–Crippen MR) is 87.5 cm³/mol.